The van der Waals surface area contributed by atoms with Gasteiger partial charge in [-0.3, -0.25) is 4.90 Å². The predicted molar refractivity (Wildman–Crippen MR) is 79.7 cm³/mol. The second-order valence-electron chi connectivity index (χ2n) is 5.19. The molecule has 2 nitrogen and oxygen atoms in total. The lowest BCUT2D eigenvalue weighted by molar-refractivity contribution is 0.237. The van der Waals surface area contributed by atoms with Gasteiger partial charge in [0, 0.05) is 19.1 Å². The zero-order valence-corrected chi connectivity index (χ0v) is 11.9. The van der Waals surface area contributed by atoms with Crippen LogP contribution in [-0.4, -0.2) is 24.0 Å². The van der Waals surface area contributed by atoms with E-state index in [2.05, 4.69) is 56.5 Å². The summed E-state index contributed by atoms with van der Waals surface area (Å²) < 4.78 is 0. The molecule has 0 spiro atoms. The van der Waals surface area contributed by atoms with E-state index in [0.29, 0.717) is 18.5 Å². The third kappa shape index (κ3) is 4.28. The second-order valence-corrected chi connectivity index (χ2v) is 5.19. The average molecular weight is 246 g/mol. The molecule has 2 heteroatoms. The van der Waals surface area contributed by atoms with Crippen molar-refractivity contribution in [1.29, 1.82) is 0 Å². The summed E-state index contributed by atoms with van der Waals surface area (Å²) >= 11 is 0. The lowest BCUT2D eigenvalue weighted by Crippen LogP contribution is -2.30. The molecule has 100 valence electrons. The molecule has 1 atom stereocenters. The van der Waals surface area contributed by atoms with Crippen molar-refractivity contribution in [2.75, 3.05) is 13.1 Å². The molecule has 0 aromatic heterocycles. The Balaban J connectivity index is 2.69. The van der Waals surface area contributed by atoms with Crippen molar-refractivity contribution in [1.82, 2.24) is 4.90 Å². The van der Waals surface area contributed by atoms with Crippen LogP contribution in [0.5, 0.6) is 0 Å². The van der Waals surface area contributed by atoms with Gasteiger partial charge in [-0.2, -0.15) is 0 Å². The predicted octanol–water partition coefficient (Wildman–Crippen LogP) is 3.15. The SMILES string of the molecule is C=CCN(Cc1ccc(C(C)CN)cc1)C(C)C. The molecule has 18 heavy (non-hydrogen) atoms. The first-order valence-electron chi connectivity index (χ1n) is 6.72. The largest absolute Gasteiger partial charge is 0.330 e. The van der Waals surface area contributed by atoms with Crippen LogP contribution in [0, 0.1) is 0 Å². The van der Waals surface area contributed by atoms with Crippen LogP contribution in [0.15, 0.2) is 36.9 Å². The van der Waals surface area contributed by atoms with E-state index in [9.17, 15) is 0 Å². The topological polar surface area (TPSA) is 29.3 Å². The Kier molecular flexibility index (Phi) is 6.10. The molecule has 0 aliphatic rings. The summed E-state index contributed by atoms with van der Waals surface area (Å²) in [6, 6.07) is 9.34. The van der Waals surface area contributed by atoms with E-state index >= 15 is 0 Å². The van der Waals surface area contributed by atoms with E-state index < -0.39 is 0 Å². The van der Waals surface area contributed by atoms with Gasteiger partial charge in [0.2, 0.25) is 0 Å². The quantitative estimate of drug-likeness (QED) is 0.749. The fourth-order valence-electron chi connectivity index (χ4n) is 1.95. The van der Waals surface area contributed by atoms with Crippen LogP contribution in [0.25, 0.3) is 0 Å². The molecule has 1 aromatic rings. The Hall–Kier alpha value is -1.12. The first-order valence-corrected chi connectivity index (χ1v) is 6.72. The van der Waals surface area contributed by atoms with Gasteiger partial charge in [-0.1, -0.05) is 37.3 Å². The number of hydrogen-bond donors (Lipinski definition) is 1. The molecule has 0 amide bonds. The summed E-state index contributed by atoms with van der Waals surface area (Å²) in [4.78, 5) is 2.40. The molecule has 0 saturated heterocycles. The number of nitrogens with two attached hydrogens (primary N) is 1. The summed E-state index contributed by atoms with van der Waals surface area (Å²) in [6.07, 6.45) is 1.96. The Labute approximate surface area is 111 Å². The van der Waals surface area contributed by atoms with Crippen LogP contribution in [0.3, 0.4) is 0 Å². The standard InChI is InChI=1S/C16H26N2/c1-5-10-18(13(2)3)12-15-6-8-16(9-7-15)14(4)11-17/h5-9,13-14H,1,10-12,17H2,2-4H3. The van der Waals surface area contributed by atoms with E-state index in [1.807, 2.05) is 6.08 Å². The molecule has 0 aliphatic carbocycles. The van der Waals surface area contributed by atoms with E-state index in [4.69, 9.17) is 5.73 Å². The van der Waals surface area contributed by atoms with Gasteiger partial charge >= 0.3 is 0 Å². The summed E-state index contributed by atoms with van der Waals surface area (Å²) in [6.45, 7) is 13.0. The van der Waals surface area contributed by atoms with Gasteiger partial charge in [0.05, 0.1) is 0 Å². The highest BCUT2D eigenvalue weighted by molar-refractivity contribution is 5.25. The molecule has 0 radical (unpaired) electrons. The molecular weight excluding hydrogens is 220 g/mol. The Morgan fingerprint density at radius 3 is 2.28 bits per heavy atom. The third-order valence-electron chi connectivity index (χ3n) is 3.38. The fraction of sp³-hybridized carbons (Fsp3) is 0.500. The molecule has 2 N–H and O–H groups in total. The highest BCUT2D eigenvalue weighted by atomic mass is 15.1. The van der Waals surface area contributed by atoms with Crippen molar-refractivity contribution < 1.29 is 0 Å². The van der Waals surface area contributed by atoms with Gasteiger partial charge in [-0.15, -0.1) is 6.58 Å². The maximum atomic E-state index is 5.68. The smallest absolute Gasteiger partial charge is 0.0239 e. The van der Waals surface area contributed by atoms with E-state index in [1.54, 1.807) is 0 Å². The van der Waals surface area contributed by atoms with E-state index in [1.165, 1.54) is 11.1 Å². The van der Waals surface area contributed by atoms with Crippen LogP contribution < -0.4 is 5.73 Å². The molecule has 0 fully saturated rings. The van der Waals surface area contributed by atoms with Crippen LogP contribution in [0.1, 0.15) is 37.8 Å². The second kappa shape index (κ2) is 7.34. The summed E-state index contributed by atoms with van der Waals surface area (Å²) in [5.41, 5.74) is 8.35. The van der Waals surface area contributed by atoms with Gasteiger partial charge in [0.25, 0.3) is 0 Å². The fourth-order valence-corrected chi connectivity index (χ4v) is 1.95. The van der Waals surface area contributed by atoms with Gasteiger partial charge in [-0.25, -0.2) is 0 Å². The maximum absolute atomic E-state index is 5.68. The van der Waals surface area contributed by atoms with E-state index in [-0.39, 0.29) is 0 Å². The minimum atomic E-state index is 0.438. The molecule has 0 bridgehead atoms. The zero-order chi connectivity index (χ0) is 13.5. The molecule has 1 aromatic carbocycles. The monoisotopic (exact) mass is 246 g/mol. The average Bonchev–Trinajstić information content (AvgIpc) is 2.38. The number of benzene rings is 1. The van der Waals surface area contributed by atoms with E-state index in [0.717, 1.165) is 13.1 Å². The number of rotatable bonds is 7. The van der Waals surface area contributed by atoms with Crippen LogP contribution in [0.4, 0.5) is 0 Å². The molecule has 1 rings (SSSR count). The zero-order valence-electron chi connectivity index (χ0n) is 11.9. The van der Waals surface area contributed by atoms with Crippen LogP contribution >= 0.6 is 0 Å². The Bertz CT molecular complexity index is 354. The van der Waals surface area contributed by atoms with Crippen LogP contribution in [-0.2, 0) is 6.54 Å². The highest BCUT2D eigenvalue weighted by Gasteiger charge is 2.09. The van der Waals surface area contributed by atoms with Crippen molar-refractivity contribution in [2.24, 2.45) is 5.73 Å². The molecule has 0 heterocycles. The Morgan fingerprint density at radius 1 is 1.22 bits per heavy atom. The summed E-state index contributed by atoms with van der Waals surface area (Å²) in [5.74, 6) is 0.438. The minimum absolute atomic E-state index is 0.438. The van der Waals surface area contributed by atoms with Gasteiger partial charge in [-0.05, 0) is 37.4 Å². The summed E-state index contributed by atoms with van der Waals surface area (Å²) in [7, 11) is 0. The summed E-state index contributed by atoms with van der Waals surface area (Å²) in [5, 5.41) is 0. The number of nitrogens with zero attached hydrogens (tertiary/aromatic N) is 1. The maximum Gasteiger partial charge on any atom is 0.0239 e. The molecular formula is C16H26N2. The van der Waals surface area contributed by atoms with Gasteiger partial charge in [0.15, 0.2) is 0 Å². The number of hydrogen-bond acceptors (Lipinski definition) is 2. The lowest BCUT2D eigenvalue weighted by atomic mass is 10.00. The van der Waals surface area contributed by atoms with Crippen molar-refractivity contribution in [3.63, 3.8) is 0 Å². The molecule has 0 aliphatic heterocycles. The van der Waals surface area contributed by atoms with Gasteiger partial charge < -0.3 is 5.73 Å². The molecule has 1 unspecified atom stereocenters. The normalized spacial score (nSPS) is 13.0. The van der Waals surface area contributed by atoms with Crippen molar-refractivity contribution in [2.45, 2.75) is 39.3 Å². The van der Waals surface area contributed by atoms with Crippen LogP contribution in [0.2, 0.25) is 0 Å². The van der Waals surface area contributed by atoms with Gasteiger partial charge in [0.1, 0.15) is 0 Å². The first-order chi connectivity index (χ1) is 8.58. The third-order valence-corrected chi connectivity index (χ3v) is 3.38. The van der Waals surface area contributed by atoms with Crippen molar-refractivity contribution in [3.05, 3.63) is 48.0 Å². The minimum Gasteiger partial charge on any atom is -0.330 e. The highest BCUT2D eigenvalue weighted by Crippen LogP contribution is 2.16. The lowest BCUT2D eigenvalue weighted by Gasteiger charge is -2.25. The molecule has 0 saturated carbocycles. The Morgan fingerprint density at radius 2 is 1.83 bits per heavy atom. The first kappa shape index (κ1) is 14.9. The van der Waals surface area contributed by atoms with Crippen molar-refractivity contribution >= 4 is 0 Å². The van der Waals surface area contributed by atoms with Crippen molar-refractivity contribution in [3.8, 4) is 0 Å².